The smallest absolute Gasteiger partial charge is 0.244 e. The molecule has 1 aromatic heterocycles. The van der Waals surface area contributed by atoms with Crippen LogP contribution in [0.2, 0.25) is 0 Å². The minimum Gasteiger partial charge on any atom is -0.393 e. The molecule has 0 spiro atoms. The number of hydrogen-bond acceptors (Lipinski definition) is 5. The molecule has 0 saturated heterocycles. The van der Waals surface area contributed by atoms with Gasteiger partial charge in [0.05, 0.1) is 6.10 Å². The van der Waals surface area contributed by atoms with Crippen LogP contribution in [0.15, 0.2) is 24.3 Å². The summed E-state index contributed by atoms with van der Waals surface area (Å²) in [5.41, 5.74) is 3.00. The summed E-state index contributed by atoms with van der Waals surface area (Å²) < 4.78 is 0. The van der Waals surface area contributed by atoms with Crippen LogP contribution in [-0.2, 0) is 12.8 Å². The zero-order valence-electron chi connectivity index (χ0n) is 15.7. The lowest BCUT2D eigenvalue weighted by Gasteiger charge is -2.17. The van der Waals surface area contributed by atoms with Crippen LogP contribution < -0.4 is 10.2 Å². The average Bonchev–Trinajstić information content (AvgIpc) is 3.32. The van der Waals surface area contributed by atoms with E-state index in [4.69, 9.17) is 0 Å². The molecule has 4 rings (SSSR count). The number of aliphatic hydroxyl groups excluding tert-OH is 1. The lowest BCUT2D eigenvalue weighted by atomic mass is 10.0. The molecule has 1 aromatic carbocycles. The normalized spacial score (nSPS) is 25.6. The minimum absolute atomic E-state index is 0.263. The second-order valence-electron chi connectivity index (χ2n) is 8.11. The van der Waals surface area contributed by atoms with E-state index in [0.29, 0.717) is 11.9 Å². The summed E-state index contributed by atoms with van der Waals surface area (Å²) in [5, 5.41) is 21.4. The van der Waals surface area contributed by atoms with Crippen LogP contribution in [0.5, 0.6) is 0 Å². The van der Waals surface area contributed by atoms with E-state index in [0.717, 1.165) is 31.8 Å². The first kappa shape index (κ1) is 17.5. The second kappa shape index (κ2) is 7.37. The third-order valence-electron chi connectivity index (χ3n) is 5.91. The lowest BCUT2D eigenvalue weighted by molar-refractivity contribution is 0.130. The highest BCUT2D eigenvalue weighted by atomic mass is 16.3. The van der Waals surface area contributed by atoms with E-state index in [9.17, 15) is 5.11 Å². The molecule has 2 aliphatic rings. The van der Waals surface area contributed by atoms with E-state index in [2.05, 4.69) is 44.8 Å². The lowest BCUT2D eigenvalue weighted by Crippen LogP contribution is -2.31. The molecule has 1 saturated carbocycles. The largest absolute Gasteiger partial charge is 0.393 e. The van der Waals surface area contributed by atoms with Gasteiger partial charge in [-0.2, -0.15) is 4.98 Å². The maximum absolute atomic E-state index is 10.5. The van der Waals surface area contributed by atoms with Gasteiger partial charge in [-0.05, 0) is 55.2 Å². The summed E-state index contributed by atoms with van der Waals surface area (Å²) in [4.78, 5) is 6.45. The summed E-state index contributed by atoms with van der Waals surface area (Å²) in [5.74, 6) is 2.85. The molecule has 6 nitrogen and oxygen atoms in total. The topological polar surface area (TPSA) is 77.1 Å². The maximum Gasteiger partial charge on any atom is 0.244 e. The molecule has 1 heterocycles. The molecular weight excluding hydrogens is 326 g/mol. The van der Waals surface area contributed by atoms with Crippen molar-refractivity contribution in [3.05, 3.63) is 41.2 Å². The number of aromatic nitrogens is 3. The highest BCUT2D eigenvalue weighted by Gasteiger charge is 2.35. The predicted octanol–water partition coefficient (Wildman–Crippen LogP) is 1.73. The Morgan fingerprint density at radius 3 is 2.54 bits per heavy atom. The van der Waals surface area contributed by atoms with Gasteiger partial charge in [0.25, 0.3) is 0 Å². The predicted molar refractivity (Wildman–Crippen MR) is 102 cm³/mol. The van der Waals surface area contributed by atoms with Gasteiger partial charge >= 0.3 is 0 Å². The summed E-state index contributed by atoms with van der Waals surface area (Å²) in [6.45, 7) is 1.90. The number of nitrogens with one attached hydrogen (secondary N) is 2. The first-order chi connectivity index (χ1) is 12.6. The fourth-order valence-electron chi connectivity index (χ4n) is 4.46. The first-order valence-electron chi connectivity index (χ1n) is 9.65. The highest BCUT2D eigenvalue weighted by molar-refractivity contribution is 5.32. The van der Waals surface area contributed by atoms with Crippen LogP contribution in [0, 0.1) is 11.8 Å². The number of anilines is 1. The van der Waals surface area contributed by atoms with Gasteiger partial charge in [-0.15, -0.1) is 5.10 Å². The molecule has 0 aliphatic heterocycles. The van der Waals surface area contributed by atoms with Gasteiger partial charge in [-0.25, -0.2) is 0 Å². The van der Waals surface area contributed by atoms with Crippen molar-refractivity contribution in [3.8, 4) is 0 Å². The summed E-state index contributed by atoms with van der Waals surface area (Å²) in [6, 6.07) is 8.77. The molecule has 0 unspecified atom stereocenters. The Balaban J connectivity index is 1.25. The highest BCUT2D eigenvalue weighted by Crippen LogP contribution is 2.37. The van der Waals surface area contributed by atoms with Gasteiger partial charge < -0.3 is 15.3 Å². The molecule has 3 N–H and O–H groups in total. The Labute approximate surface area is 155 Å². The summed E-state index contributed by atoms with van der Waals surface area (Å²) >= 11 is 0. The number of aliphatic hydroxyl groups is 1. The fourth-order valence-corrected chi connectivity index (χ4v) is 4.46. The van der Waals surface area contributed by atoms with Gasteiger partial charge in [0.15, 0.2) is 0 Å². The number of nitrogens with zero attached hydrogens (tertiary/aromatic N) is 3. The molecule has 0 bridgehead atoms. The first-order valence-corrected chi connectivity index (χ1v) is 9.65. The van der Waals surface area contributed by atoms with Gasteiger partial charge in [0.2, 0.25) is 5.95 Å². The van der Waals surface area contributed by atoms with E-state index in [-0.39, 0.29) is 17.9 Å². The molecule has 26 heavy (non-hydrogen) atoms. The molecule has 6 heteroatoms. The molecule has 140 valence electrons. The number of rotatable bonds is 6. The van der Waals surface area contributed by atoms with Crippen LogP contribution in [0.3, 0.4) is 0 Å². The fraction of sp³-hybridized carbons (Fsp3) is 0.600. The van der Waals surface area contributed by atoms with Crippen molar-refractivity contribution >= 4 is 5.95 Å². The number of hydrogen-bond donors (Lipinski definition) is 3. The van der Waals surface area contributed by atoms with Crippen molar-refractivity contribution in [1.82, 2.24) is 20.5 Å². The Morgan fingerprint density at radius 1 is 1.15 bits per heavy atom. The van der Waals surface area contributed by atoms with Gasteiger partial charge in [0.1, 0.15) is 5.82 Å². The molecule has 0 radical (unpaired) electrons. The monoisotopic (exact) mass is 355 g/mol. The number of aromatic amines is 1. The third kappa shape index (κ3) is 3.62. The summed E-state index contributed by atoms with van der Waals surface area (Å²) in [6.07, 6.45) is 3.81. The van der Waals surface area contributed by atoms with Crippen LogP contribution >= 0.6 is 0 Å². The van der Waals surface area contributed by atoms with E-state index >= 15 is 0 Å². The van der Waals surface area contributed by atoms with Crippen LogP contribution in [0.25, 0.3) is 0 Å². The van der Waals surface area contributed by atoms with Gasteiger partial charge in [0, 0.05) is 26.6 Å². The second-order valence-corrected chi connectivity index (χ2v) is 8.11. The molecule has 0 amide bonds. The van der Waals surface area contributed by atoms with Crippen LogP contribution in [0.4, 0.5) is 5.95 Å². The molecular formula is C20H29N5O. The Hall–Kier alpha value is -1.92. The van der Waals surface area contributed by atoms with Gasteiger partial charge in [-0.1, -0.05) is 24.3 Å². The molecule has 2 aliphatic carbocycles. The van der Waals surface area contributed by atoms with E-state index in [1.807, 2.05) is 19.0 Å². The van der Waals surface area contributed by atoms with Crippen LogP contribution in [-0.4, -0.2) is 53.6 Å². The maximum atomic E-state index is 10.5. The van der Waals surface area contributed by atoms with E-state index in [1.54, 1.807) is 0 Å². The summed E-state index contributed by atoms with van der Waals surface area (Å²) in [7, 11) is 3.87. The zero-order chi connectivity index (χ0) is 18.1. The SMILES string of the molecule is CN(C)c1n[nH]c([C@H]2C[C@H](CNCC3Cc4ccccc4C3)[C@H](O)C2)n1. The zero-order valence-corrected chi connectivity index (χ0v) is 15.7. The van der Waals surface area contributed by atoms with E-state index in [1.165, 1.54) is 24.0 Å². The van der Waals surface area contributed by atoms with Crippen molar-refractivity contribution in [2.24, 2.45) is 11.8 Å². The van der Waals surface area contributed by atoms with Crippen molar-refractivity contribution in [1.29, 1.82) is 0 Å². The molecule has 1 fully saturated rings. The number of H-pyrrole nitrogens is 1. The molecule has 2 aromatic rings. The van der Waals surface area contributed by atoms with Crippen molar-refractivity contribution in [3.63, 3.8) is 0 Å². The Bertz CT molecular complexity index is 718. The van der Waals surface area contributed by atoms with Crippen molar-refractivity contribution in [2.45, 2.75) is 37.7 Å². The average molecular weight is 355 g/mol. The third-order valence-corrected chi connectivity index (χ3v) is 5.91. The Morgan fingerprint density at radius 2 is 1.88 bits per heavy atom. The van der Waals surface area contributed by atoms with Crippen molar-refractivity contribution < 1.29 is 5.11 Å². The van der Waals surface area contributed by atoms with Crippen molar-refractivity contribution in [2.75, 3.05) is 32.1 Å². The number of benzene rings is 1. The number of fused-ring (bicyclic) bond motifs is 1. The minimum atomic E-state index is -0.263. The van der Waals surface area contributed by atoms with Crippen LogP contribution in [0.1, 0.15) is 35.7 Å². The Kier molecular flexibility index (Phi) is 4.96. The quantitative estimate of drug-likeness (QED) is 0.736. The molecule has 3 atom stereocenters. The standard InChI is InChI=1S/C20H29N5O/c1-25(2)20-22-19(23-24-20)16-9-17(18(26)10-16)12-21-11-13-7-14-5-3-4-6-15(14)8-13/h3-6,13,16-18,21,26H,7-12H2,1-2H3,(H,22,23,24)/t16-,17+,18+/m0/s1. The van der Waals surface area contributed by atoms with E-state index < -0.39 is 0 Å². The van der Waals surface area contributed by atoms with Gasteiger partial charge in [-0.3, -0.25) is 5.10 Å².